The molecule has 0 spiro atoms. The zero-order valence-electron chi connectivity index (χ0n) is 10.5. The molecule has 18 heavy (non-hydrogen) atoms. The minimum Gasteiger partial charge on any atom is -0.475 e. The summed E-state index contributed by atoms with van der Waals surface area (Å²) in [6.07, 6.45) is 0. The van der Waals surface area contributed by atoms with Crippen LogP contribution in [0.1, 0.15) is 20.8 Å². The molecule has 0 atom stereocenters. The van der Waals surface area contributed by atoms with Gasteiger partial charge in [-0.05, 0) is 20.8 Å². The van der Waals surface area contributed by atoms with Crippen LogP contribution in [0.4, 0.5) is 5.69 Å². The predicted octanol–water partition coefficient (Wildman–Crippen LogP) is 2.84. The zero-order chi connectivity index (χ0) is 13.8. The highest BCUT2D eigenvalue weighted by Gasteiger charge is 2.12. The fourth-order valence-electron chi connectivity index (χ4n) is 1.13. The number of pyridine rings is 1. The number of ether oxygens (including phenoxy) is 2. The van der Waals surface area contributed by atoms with E-state index in [9.17, 15) is 10.1 Å². The molecule has 0 N–H and O–H groups in total. The lowest BCUT2D eigenvalue weighted by atomic mass is 10.2. The molecule has 1 rings (SSSR count). The average Bonchev–Trinajstić information content (AvgIpc) is 2.22. The third kappa shape index (κ3) is 5.29. The third-order valence-electron chi connectivity index (χ3n) is 1.83. The first-order valence-electron chi connectivity index (χ1n) is 5.37. The Hall–Kier alpha value is -1.40. The van der Waals surface area contributed by atoms with E-state index in [1.807, 2.05) is 20.8 Å². The Morgan fingerprint density at radius 2 is 2.06 bits per heavy atom. The molecule has 0 bridgehead atoms. The fraction of sp³-hybridized carbons (Fsp3) is 0.545. The summed E-state index contributed by atoms with van der Waals surface area (Å²) in [6.45, 7) is 6.40. The van der Waals surface area contributed by atoms with Gasteiger partial charge in [-0.1, -0.05) is 11.6 Å². The van der Waals surface area contributed by atoms with Gasteiger partial charge in [0.25, 0.3) is 5.69 Å². The average molecular weight is 275 g/mol. The van der Waals surface area contributed by atoms with Crippen molar-refractivity contribution in [2.75, 3.05) is 13.2 Å². The SMILES string of the molecule is CC(C)(C)OCCOc1cc([N+](=O)[O-])cc(Cl)n1. The highest BCUT2D eigenvalue weighted by molar-refractivity contribution is 6.29. The van der Waals surface area contributed by atoms with Gasteiger partial charge in [0.05, 0.1) is 29.3 Å². The summed E-state index contributed by atoms with van der Waals surface area (Å²) in [5.74, 6) is 0.117. The van der Waals surface area contributed by atoms with Crippen molar-refractivity contribution in [3.8, 4) is 5.88 Å². The van der Waals surface area contributed by atoms with Gasteiger partial charge in [0.15, 0.2) is 0 Å². The molecule has 0 fully saturated rings. The summed E-state index contributed by atoms with van der Waals surface area (Å²) in [4.78, 5) is 13.9. The highest BCUT2D eigenvalue weighted by Crippen LogP contribution is 2.21. The van der Waals surface area contributed by atoms with Crippen LogP contribution in [-0.2, 0) is 4.74 Å². The summed E-state index contributed by atoms with van der Waals surface area (Å²) in [6, 6.07) is 2.39. The first-order chi connectivity index (χ1) is 8.28. The molecule has 6 nitrogen and oxygen atoms in total. The molecule has 1 aromatic rings. The normalized spacial score (nSPS) is 11.3. The van der Waals surface area contributed by atoms with Crippen LogP contribution in [0.25, 0.3) is 0 Å². The lowest BCUT2D eigenvalue weighted by Crippen LogP contribution is -2.22. The first-order valence-corrected chi connectivity index (χ1v) is 5.74. The van der Waals surface area contributed by atoms with Crippen LogP contribution in [0.15, 0.2) is 12.1 Å². The van der Waals surface area contributed by atoms with Gasteiger partial charge in [0, 0.05) is 0 Å². The molecule has 100 valence electrons. The molecule has 0 radical (unpaired) electrons. The topological polar surface area (TPSA) is 74.5 Å². The van der Waals surface area contributed by atoms with Crippen LogP contribution in [0.5, 0.6) is 5.88 Å². The molecule has 1 aromatic heterocycles. The van der Waals surface area contributed by atoms with Crippen molar-refractivity contribution in [2.45, 2.75) is 26.4 Å². The molecule has 0 amide bonds. The molecule has 0 saturated heterocycles. The predicted molar refractivity (Wildman–Crippen MR) is 67.1 cm³/mol. The molecule has 0 aliphatic rings. The molecular formula is C11H15ClN2O4. The van der Waals surface area contributed by atoms with Crippen molar-refractivity contribution in [2.24, 2.45) is 0 Å². The number of aromatic nitrogens is 1. The van der Waals surface area contributed by atoms with E-state index in [2.05, 4.69) is 4.98 Å². The number of hydrogen-bond donors (Lipinski definition) is 0. The first kappa shape index (κ1) is 14.7. The Kier molecular flexibility index (Phi) is 4.86. The second-order valence-electron chi connectivity index (χ2n) is 4.55. The van der Waals surface area contributed by atoms with E-state index >= 15 is 0 Å². The summed E-state index contributed by atoms with van der Waals surface area (Å²) in [5.41, 5.74) is -0.404. The van der Waals surface area contributed by atoms with E-state index in [4.69, 9.17) is 21.1 Å². The van der Waals surface area contributed by atoms with Gasteiger partial charge >= 0.3 is 0 Å². The van der Waals surface area contributed by atoms with Crippen LogP contribution in [0, 0.1) is 10.1 Å². The van der Waals surface area contributed by atoms with Gasteiger partial charge in [0.1, 0.15) is 11.8 Å². The number of rotatable bonds is 5. The van der Waals surface area contributed by atoms with Crippen molar-refractivity contribution in [1.29, 1.82) is 0 Å². The molecule has 1 heterocycles. The van der Waals surface area contributed by atoms with Crippen LogP contribution in [-0.4, -0.2) is 28.7 Å². The molecular weight excluding hydrogens is 260 g/mol. The maximum atomic E-state index is 10.6. The molecule has 0 saturated carbocycles. The second-order valence-corrected chi connectivity index (χ2v) is 4.94. The molecule has 0 aliphatic carbocycles. The van der Waals surface area contributed by atoms with Crippen molar-refractivity contribution in [1.82, 2.24) is 4.98 Å². The Balaban J connectivity index is 2.55. The largest absolute Gasteiger partial charge is 0.475 e. The number of halogens is 1. The Morgan fingerprint density at radius 3 is 2.61 bits per heavy atom. The van der Waals surface area contributed by atoms with Gasteiger partial charge < -0.3 is 9.47 Å². The number of nitrogens with zero attached hydrogens (tertiary/aromatic N) is 2. The van der Waals surface area contributed by atoms with E-state index in [1.54, 1.807) is 0 Å². The van der Waals surface area contributed by atoms with E-state index < -0.39 is 4.92 Å². The molecule has 0 aromatic carbocycles. The van der Waals surface area contributed by atoms with E-state index in [1.165, 1.54) is 12.1 Å². The van der Waals surface area contributed by atoms with Gasteiger partial charge in [0.2, 0.25) is 5.88 Å². The Labute approximate surface area is 110 Å². The fourth-order valence-corrected chi connectivity index (χ4v) is 1.33. The van der Waals surface area contributed by atoms with Crippen molar-refractivity contribution in [3.63, 3.8) is 0 Å². The Morgan fingerprint density at radius 1 is 1.39 bits per heavy atom. The lowest BCUT2D eigenvalue weighted by Gasteiger charge is -2.19. The summed E-state index contributed by atoms with van der Waals surface area (Å²) >= 11 is 5.65. The van der Waals surface area contributed by atoms with Crippen molar-refractivity contribution >= 4 is 17.3 Å². The smallest absolute Gasteiger partial charge is 0.277 e. The number of nitro groups is 1. The molecule has 7 heteroatoms. The van der Waals surface area contributed by atoms with Gasteiger partial charge in [-0.2, -0.15) is 0 Å². The van der Waals surface area contributed by atoms with Crippen molar-refractivity contribution in [3.05, 3.63) is 27.4 Å². The van der Waals surface area contributed by atoms with Gasteiger partial charge in [-0.3, -0.25) is 10.1 Å². The third-order valence-corrected chi connectivity index (χ3v) is 2.03. The van der Waals surface area contributed by atoms with E-state index in [0.717, 1.165) is 0 Å². The zero-order valence-corrected chi connectivity index (χ0v) is 11.2. The molecule has 0 unspecified atom stereocenters. The lowest BCUT2D eigenvalue weighted by molar-refractivity contribution is -0.385. The van der Waals surface area contributed by atoms with Crippen LogP contribution in [0.3, 0.4) is 0 Å². The van der Waals surface area contributed by atoms with E-state index in [0.29, 0.717) is 6.61 Å². The summed E-state index contributed by atoms with van der Waals surface area (Å²) in [7, 11) is 0. The maximum absolute atomic E-state index is 10.6. The quantitative estimate of drug-likeness (QED) is 0.357. The van der Waals surface area contributed by atoms with Gasteiger partial charge in [-0.25, -0.2) is 4.98 Å². The van der Waals surface area contributed by atoms with Gasteiger partial charge in [-0.15, -0.1) is 0 Å². The summed E-state index contributed by atoms with van der Waals surface area (Å²) in [5, 5.41) is 10.6. The maximum Gasteiger partial charge on any atom is 0.277 e. The van der Waals surface area contributed by atoms with Crippen LogP contribution < -0.4 is 4.74 Å². The molecule has 0 aliphatic heterocycles. The van der Waals surface area contributed by atoms with Crippen LogP contribution >= 0.6 is 11.6 Å². The van der Waals surface area contributed by atoms with Crippen LogP contribution in [0.2, 0.25) is 5.15 Å². The van der Waals surface area contributed by atoms with E-state index in [-0.39, 0.29) is 28.9 Å². The standard InChI is InChI=1S/C11H15ClN2O4/c1-11(2,3)18-5-4-17-10-7-8(14(15)16)6-9(12)13-10/h6-7H,4-5H2,1-3H3. The number of hydrogen-bond acceptors (Lipinski definition) is 5. The Bertz CT molecular complexity index is 432. The second kappa shape index (κ2) is 5.97. The monoisotopic (exact) mass is 274 g/mol. The van der Waals surface area contributed by atoms with Crippen molar-refractivity contribution < 1.29 is 14.4 Å². The highest BCUT2D eigenvalue weighted by atomic mass is 35.5. The summed E-state index contributed by atoms with van der Waals surface area (Å²) < 4.78 is 10.7. The minimum absolute atomic E-state index is 0.0240. The minimum atomic E-state index is -0.550.